The Kier molecular flexibility index (Phi) is 0.961. The van der Waals surface area contributed by atoms with Crippen molar-refractivity contribution in [2.45, 2.75) is 32.1 Å². The van der Waals surface area contributed by atoms with Crippen molar-refractivity contribution < 1.29 is 0 Å². The third-order valence-electron chi connectivity index (χ3n) is 4.53. The summed E-state index contributed by atoms with van der Waals surface area (Å²) in [4.78, 5) is 0. The van der Waals surface area contributed by atoms with E-state index in [0.717, 1.165) is 0 Å². The Morgan fingerprint density at radius 1 is 0.909 bits per heavy atom. The molecule has 62 valence electrons. The lowest BCUT2D eigenvalue weighted by atomic mass is 9.53. The van der Waals surface area contributed by atoms with Crippen LogP contribution in [-0.4, -0.2) is 18.1 Å². The highest BCUT2D eigenvalue weighted by Gasteiger charge is 2.65. The molecule has 2 unspecified atom stereocenters. The molecular weight excluding hydrogens is 136 g/mol. The fraction of sp³-hybridized carbons (Fsp3) is 1.00. The average Bonchev–Trinajstić information content (AvgIpc) is 2.19. The van der Waals surface area contributed by atoms with Crippen LogP contribution in [0.15, 0.2) is 0 Å². The zero-order chi connectivity index (χ0) is 7.53. The summed E-state index contributed by atoms with van der Waals surface area (Å²) < 4.78 is 0. The van der Waals surface area contributed by atoms with Gasteiger partial charge >= 0.3 is 0 Å². The van der Waals surface area contributed by atoms with Crippen molar-refractivity contribution in [2.24, 2.45) is 16.7 Å². The summed E-state index contributed by atoms with van der Waals surface area (Å²) in [5.41, 5.74) is 1.39. The predicted molar refractivity (Wildman–Crippen MR) is 43.7 cm³/mol. The number of hydrogen-bond acceptors (Lipinski definition) is 2. The monoisotopic (exact) mass is 152 g/mol. The molecule has 0 aromatic carbocycles. The number of nitrogens with two attached hydrogens (primary N) is 1. The Morgan fingerprint density at radius 2 is 1.45 bits per heavy atom. The molecule has 0 aromatic rings. The minimum atomic E-state index is 0.696. The lowest BCUT2D eigenvalue weighted by Crippen LogP contribution is -2.45. The van der Waals surface area contributed by atoms with Crippen LogP contribution in [0.4, 0.5) is 0 Å². The van der Waals surface area contributed by atoms with E-state index in [1.165, 1.54) is 45.2 Å². The normalized spacial score (nSPS) is 55.4. The zero-order valence-electron chi connectivity index (χ0n) is 6.97. The fourth-order valence-electron chi connectivity index (χ4n) is 3.86. The number of nitrogens with zero attached hydrogens (tertiary/aromatic N) is 1. The average molecular weight is 152 g/mol. The molecule has 1 heterocycles. The van der Waals surface area contributed by atoms with Crippen LogP contribution in [-0.2, 0) is 0 Å². The molecule has 3 fully saturated rings. The molecule has 0 spiro atoms. The highest BCUT2D eigenvalue weighted by atomic mass is 15.4. The highest BCUT2D eigenvalue weighted by molar-refractivity contribution is 5.16. The minimum Gasteiger partial charge on any atom is -0.269 e. The molecule has 1 saturated heterocycles. The Labute approximate surface area is 67.7 Å². The van der Waals surface area contributed by atoms with Crippen molar-refractivity contribution in [3.63, 3.8) is 0 Å². The lowest BCUT2D eigenvalue weighted by molar-refractivity contribution is 0.00430. The van der Waals surface area contributed by atoms with Crippen LogP contribution in [0.25, 0.3) is 0 Å². The molecule has 11 heavy (non-hydrogen) atoms. The molecule has 0 bridgehead atoms. The molecule has 2 nitrogen and oxygen atoms in total. The molecular formula is C9H16N2. The van der Waals surface area contributed by atoms with Gasteiger partial charge in [0.15, 0.2) is 0 Å². The van der Waals surface area contributed by atoms with Gasteiger partial charge in [-0.15, -0.1) is 0 Å². The first-order valence-electron chi connectivity index (χ1n) is 4.76. The first-order chi connectivity index (χ1) is 5.27. The van der Waals surface area contributed by atoms with Crippen LogP contribution in [0.1, 0.15) is 32.1 Å². The van der Waals surface area contributed by atoms with E-state index in [2.05, 4.69) is 5.01 Å². The minimum absolute atomic E-state index is 0.696. The summed E-state index contributed by atoms with van der Waals surface area (Å²) in [7, 11) is 0. The summed E-state index contributed by atoms with van der Waals surface area (Å²) in [5, 5.41) is 2.06. The Balaban J connectivity index is 2.00. The SMILES string of the molecule is NN1CC23CCCC2(CC3)C1. The molecule has 2 saturated carbocycles. The number of hydrogen-bond donors (Lipinski definition) is 1. The molecule has 3 rings (SSSR count). The van der Waals surface area contributed by atoms with Crippen LogP contribution in [0.5, 0.6) is 0 Å². The largest absolute Gasteiger partial charge is 0.269 e. The van der Waals surface area contributed by atoms with Crippen LogP contribution in [0, 0.1) is 10.8 Å². The Bertz CT molecular complexity index is 184. The van der Waals surface area contributed by atoms with E-state index in [1.807, 2.05) is 0 Å². The number of hydrazine groups is 1. The van der Waals surface area contributed by atoms with Gasteiger partial charge in [0.1, 0.15) is 0 Å². The van der Waals surface area contributed by atoms with Crippen LogP contribution >= 0.6 is 0 Å². The van der Waals surface area contributed by atoms with Gasteiger partial charge in [0.05, 0.1) is 0 Å². The fourth-order valence-corrected chi connectivity index (χ4v) is 3.86. The van der Waals surface area contributed by atoms with Crippen molar-refractivity contribution in [3.8, 4) is 0 Å². The Morgan fingerprint density at radius 3 is 1.91 bits per heavy atom. The third kappa shape index (κ3) is 0.541. The summed E-state index contributed by atoms with van der Waals surface area (Å²) in [6, 6.07) is 0. The van der Waals surface area contributed by atoms with Crippen LogP contribution in [0.3, 0.4) is 0 Å². The molecule has 1 aliphatic heterocycles. The summed E-state index contributed by atoms with van der Waals surface area (Å²) >= 11 is 0. The molecule has 2 aliphatic carbocycles. The van der Waals surface area contributed by atoms with Crippen molar-refractivity contribution in [3.05, 3.63) is 0 Å². The summed E-state index contributed by atoms with van der Waals surface area (Å²) in [5.74, 6) is 5.87. The zero-order valence-corrected chi connectivity index (χ0v) is 6.97. The van der Waals surface area contributed by atoms with Gasteiger partial charge in [0.25, 0.3) is 0 Å². The van der Waals surface area contributed by atoms with Crippen molar-refractivity contribution in [1.29, 1.82) is 0 Å². The maximum Gasteiger partial charge on any atom is 0.0191 e. The van der Waals surface area contributed by atoms with Gasteiger partial charge in [-0.25, -0.2) is 5.01 Å². The van der Waals surface area contributed by atoms with E-state index in [-0.39, 0.29) is 0 Å². The van der Waals surface area contributed by atoms with E-state index >= 15 is 0 Å². The lowest BCUT2D eigenvalue weighted by Gasteiger charge is -2.50. The number of rotatable bonds is 0. The van der Waals surface area contributed by atoms with E-state index in [4.69, 9.17) is 5.84 Å². The molecule has 2 N–H and O–H groups in total. The van der Waals surface area contributed by atoms with Crippen molar-refractivity contribution >= 4 is 0 Å². The molecule has 2 atom stereocenters. The molecule has 0 aromatic heterocycles. The molecule has 0 amide bonds. The Hall–Kier alpha value is -0.0800. The smallest absolute Gasteiger partial charge is 0.0191 e. The van der Waals surface area contributed by atoms with Gasteiger partial charge in [0, 0.05) is 13.1 Å². The standard InChI is InChI=1S/C9H16N2/c10-11-6-8-2-1-3-9(8,7-11)5-4-8/h1-7,10H2. The second kappa shape index (κ2) is 1.64. The maximum absolute atomic E-state index is 5.87. The molecule has 2 heteroatoms. The predicted octanol–water partition coefficient (Wildman–Crippen LogP) is 1.13. The van der Waals surface area contributed by atoms with Gasteiger partial charge in [-0.05, 0) is 36.5 Å². The highest BCUT2D eigenvalue weighted by Crippen LogP contribution is 2.69. The van der Waals surface area contributed by atoms with Gasteiger partial charge in [0.2, 0.25) is 0 Å². The van der Waals surface area contributed by atoms with Crippen LogP contribution in [0.2, 0.25) is 0 Å². The van der Waals surface area contributed by atoms with Gasteiger partial charge in [-0.1, -0.05) is 6.42 Å². The summed E-state index contributed by atoms with van der Waals surface area (Å²) in [6.07, 6.45) is 7.30. The van der Waals surface area contributed by atoms with Gasteiger partial charge in [-0.3, -0.25) is 5.84 Å². The van der Waals surface area contributed by atoms with Crippen LogP contribution < -0.4 is 5.84 Å². The van der Waals surface area contributed by atoms with E-state index in [0.29, 0.717) is 10.8 Å². The first kappa shape index (κ1) is 6.44. The topological polar surface area (TPSA) is 29.3 Å². The van der Waals surface area contributed by atoms with E-state index < -0.39 is 0 Å². The molecule has 0 radical (unpaired) electrons. The maximum atomic E-state index is 5.87. The van der Waals surface area contributed by atoms with Gasteiger partial charge < -0.3 is 0 Å². The second-order valence-corrected chi connectivity index (χ2v) is 4.82. The second-order valence-electron chi connectivity index (χ2n) is 4.82. The van der Waals surface area contributed by atoms with Crippen molar-refractivity contribution in [2.75, 3.05) is 13.1 Å². The quantitative estimate of drug-likeness (QED) is 0.527. The van der Waals surface area contributed by atoms with E-state index in [9.17, 15) is 0 Å². The molecule has 3 aliphatic rings. The van der Waals surface area contributed by atoms with Gasteiger partial charge in [-0.2, -0.15) is 0 Å². The third-order valence-corrected chi connectivity index (χ3v) is 4.53. The summed E-state index contributed by atoms with van der Waals surface area (Å²) in [6.45, 7) is 2.38. The van der Waals surface area contributed by atoms with Crippen molar-refractivity contribution in [1.82, 2.24) is 5.01 Å². The first-order valence-corrected chi connectivity index (χ1v) is 4.76. The van der Waals surface area contributed by atoms with E-state index in [1.54, 1.807) is 0 Å².